The molecule has 0 bridgehead atoms. The quantitative estimate of drug-likeness (QED) is 0.629. The van der Waals surface area contributed by atoms with Crippen molar-refractivity contribution < 1.29 is 18.3 Å². The number of hydrogen-bond acceptors (Lipinski definition) is 5. The molecule has 0 aliphatic heterocycles. The Balaban J connectivity index is 1.37. The molecule has 6 nitrogen and oxygen atoms in total. The van der Waals surface area contributed by atoms with Gasteiger partial charge < -0.3 is 15.2 Å². The summed E-state index contributed by atoms with van der Waals surface area (Å²) in [6.45, 7) is 0.626. The Morgan fingerprint density at radius 3 is 2.55 bits per heavy atom. The third-order valence-corrected chi connectivity index (χ3v) is 6.68. The monoisotopic (exact) mass is 438 g/mol. The molecule has 3 rings (SSSR count). The van der Waals surface area contributed by atoms with E-state index in [2.05, 4.69) is 11.4 Å². The molecule has 2 aromatic carbocycles. The summed E-state index contributed by atoms with van der Waals surface area (Å²) < 4.78 is 29.9. The second-order valence-corrected chi connectivity index (χ2v) is 9.97. The van der Waals surface area contributed by atoms with Crippen LogP contribution in [0.1, 0.15) is 24.3 Å². The van der Waals surface area contributed by atoms with E-state index in [4.69, 9.17) is 16.3 Å². The zero-order chi connectivity index (χ0) is 21.0. The van der Waals surface area contributed by atoms with Crippen LogP contribution in [0.5, 0.6) is 5.75 Å². The molecule has 2 N–H and O–H groups in total. The van der Waals surface area contributed by atoms with E-state index in [0.717, 1.165) is 24.1 Å². The molecule has 1 fully saturated rings. The number of nitrogens with one attached hydrogen (secondary N) is 1. The zero-order valence-electron chi connectivity index (χ0n) is 16.6. The van der Waals surface area contributed by atoms with Gasteiger partial charge in [0, 0.05) is 24.7 Å². The molecule has 29 heavy (non-hydrogen) atoms. The van der Waals surface area contributed by atoms with Gasteiger partial charge in [-0.3, -0.25) is 4.31 Å². The van der Waals surface area contributed by atoms with Gasteiger partial charge in [-0.1, -0.05) is 23.7 Å². The maximum atomic E-state index is 11.6. The number of anilines is 1. The third-order valence-electron chi connectivity index (χ3n) is 5.24. The number of aliphatic hydroxyl groups is 1. The summed E-state index contributed by atoms with van der Waals surface area (Å²) in [6, 6.07) is 15.1. The van der Waals surface area contributed by atoms with Crippen LogP contribution in [0.4, 0.5) is 5.69 Å². The van der Waals surface area contributed by atoms with Crippen LogP contribution >= 0.6 is 11.6 Å². The van der Waals surface area contributed by atoms with Gasteiger partial charge in [-0.2, -0.15) is 0 Å². The average molecular weight is 439 g/mol. The smallest absolute Gasteiger partial charge is 0.231 e. The third kappa shape index (κ3) is 6.09. The number of nitrogens with zero attached hydrogens (tertiary/aromatic N) is 1. The fourth-order valence-electron chi connectivity index (χ4n) is 3.32. The maximum absolute atomic E-state index is 11.6. The first kappa shape index (κ1) is 21.9. The van der Waals surface area contributed by atoms with E-state index in [1.54, 1.807) is 24.3 Å². The summed E-state index contributed by atoms with van der Waals surface area (Å²) in [5, 5.41) is 14.3. The summed E-state index contributed by atoms with van der Waals surface area (Å²) in [7, 11) is -1.80. The number of hydrogen-bond donors (Lipinski definition) is 2. The van der Waals surface area contributed by atoms with Crippen LogP contribution in [0.25, 0.3) is 0 Å². The van der Waals surface area contributed by atoms with E-state index < -0.39 is 16.1 Å². The minimum absolute atomic E-state index is 0.165. The molecule has 0 aromatic heterocycles. The normalized spacial score (nSPS) is 20.0. The molecular weight excluding hydrogens is 412 g/mol. The van der Waals surface area contributed by atoms with Crippen molar-refractivity contribution in [1.29, 1.82) is 0 Å². The molecule has 0 spiro atoms. The van der Waals surface area contributed by atoms with Crippen LogP contribution in [0.15, 0.2) is 48.5 Å². The zero-order valence-corrected chi connectivity index (χ0v) is 18.2. The Morgan fingerprint density at radius 2 is 1.93 bits per heavy atom. The van der Waals surface area contributed by atoms with E-state index >= 15 is 0 Å². The molecule has 1 atom stereocenters. The van der Waals surface area contributed by atoms with Crippen molar-refractivity contribution in [3.63, 3.8) is 0 Å². The van der Waals surface area contributed by atoms with Crippen LogP contribution < -0.4 is 14.4 Å². The van der Waals surface area contributed by atoms with Crippen molar-refractivity contribution in [2.45, 2.75) is 30.9 Å². The van der Waals surface area contributed by atoms with Crippen molar-refractivity contribution in [1.82, 2.24) is 5.32 Å². The molecule has 1 aliphatic rings. The highest BCUT2D eigenvalue weighted by molar-refractivity contribution is 7.92. The Kier molecular flexibility index (Phi) is 7.05. The molecule has 1 unspecified atom stereocenters. The van der Waals surface area contributed by atoms with Crippen molar-refractivity contribution in [2.24, 2.45) is 0 Å². The first-order valence-corrected chi connectivity index (χ1v) is 11.8. The number of halogens is 1. The van der Waals surface area contributed by atoms with E-state index in [-0.39, 0.29) is 6.61 Å². The second-order valence-electron chi connectivity index (χ2n) is 7.52. The Morgan fingerprint density at radius 1 is 1.24 bits per heavy atom. The lowest BCUT2D eigenvalue weighted by molar-refractivity contribution is 0.0981. The molecule has 158 valence electrons. The Bertz CT molecular complexity index is 915. The van der Waals surface area contributed by atoms with Gasteiger partial charge in [0.15, 0.2) is 0 Å². The lowest BCUT2D eigenvalue weighted by Crippen LogP contribution is -2.44. The van der Waals surface area contributed by atoms with Gasteiger partial charge >= 0.3 is 0 Å². The van der Waals surface area contributed by atoms with E-state index in [1.165, 1.54) is 16.9 Å². The summed E-state index contributed by atoms with van der Waals surface area (Å²) in [5.74, 6) is 1.10. The predicted molar refractivity (Wildman–Crippen MR) is 116 cm³/mol. The Labute approximate surface area is 177 Å². The minimum Gasteiger partial charge on any atom is -0.491 e. The number of ether oxygens (including phenoxy) is 1. The molecule has 2 aromatic rings. The molecule has 0 saturated heterocycles. The van der Waals surface area contributed by atoms with Gasteiger partial charge in [0.25, 0.3) is 0 Å². The number of rotatable bonds is 9. The number of aliphatic hydroxyl groups excluding tert-OH is 1. The highest BCUT2D eigenvalue weighted by Gasteiger charge is 2.30. The topological polar surface area (TPSA) is 78.9 Å². The van der Waals surface area contributed by atoms with Crippen molar-refractivity contribution in [3.8, 4) is 5.75 Å². The predicted octanol–water partition coefficient (Wildman–Crippen LogP) is 3.01. The van der Waals surface area contributed by atoms with E-state index in [0.29, 0.717) is 29.9 Å². The molecule has 1 aliphatic carbocycles. The van der Waals surface area contributed by atoms with Gasteiger partial charge in [-0.05, 0) is 60.7 Å². The standard InChI is InChI=1S/C21H27ClN2O4S/c1-24(29(2,26)27)19-6-8-21(9-7-19)28-14-20(25)13-23-18-11-16(12-18)15-4-3-5-17(22)10-15/h3-10,16,18,20,23,25H,11-14H2,1-2H3/t16-,18-,20?. The van der Waals surface area contributed by atoms with Crippen molar-refractivity contribution in [2.75, 3.05) is 30.8 Å². The summed E-state index contributed by atoms with van der Waals surface area (Å²) in [6.07, 6.45) is 2.59. The summed E-state index contributed by atoms with van der Waals surface area (Å²) in [5.41, 5.74) is 1.82. The van der Waals surface area contributed by atoms with Crippen LogP contribution in [0.3, 0.4) is 0 Å². The molecular formula is C21H27ClN2O4S. The summed E-state index contributed by atoms with van der Waals surface area (Å²) in [4.78, 5) is 0. The largest absolute Gasteiger partial charge is 0.491 e. The summed E-state index contributed by atoms with van der Waals surface area (Å²) >= 11 is 6.05. The van der Waals surface area contributed by atoms with Gasteiger partial charge in [0.2, 0.25) is 10.0 Å². The van der Waals surface area contributed by atoms with Gasteiger partial charge in [0.1, 0.15) is 18.5 Å². The van der Waals surface area contributed by atoms with Gasteiger partial charge in [0.05, 0.1) is 11.9 Å². The average Bonchev–Trinajstić information content (AvgIpc) is 2.64. The fraction of sp³-hybridized carbons (Fsp3) is 0.429. The van der Waals surface area contributed by atoms with E-state index in [9.17, 15) is 13.5 Å². The lowest BCUT2D eigenvalue weighted by atomic mass is 9.76. The van der Waals surface area contributed by atoms with Gasteiger partial charge in [-0.15, -0.1) is 0 Å². The lowest BCUT2D eigenvalue weighted by Gasteiger charge is -2.37. The highest BCUT2D eigenvalue weighted by atomic mass is 35.5. The van der Waals surface area contributed by atoms with E-state index in [1.807, 2.05) is 18.2 Å². The molecule has 0 radical (unpaired) electrons. The minimum atomic E-state index is -3.29. The SMILES string of the molecule is CN(c1ccc(OCC(O)CN[C@H]2C[C@H](c3cccc(Cl)c3)C2)cc1)S(C)(=O)=O. The van der Waals surface area contributed by atoms with Crippen LogP contribution in [0.2, 0.25) is 5.02 Å². The fourth-order valence-corrected chi connectivity index (χ4v) is 4.02. The van der Waals surface area contributed by atoms with Crippen molar-refractivity contribution in [3.05, 3.63) is 59.1 Å². The Hall–Kier alpha value is -1.80. The molecule has 0 amide bonds. The van der Waals surface area contributed by atoms with Crippen LogP contribution in [-0.4, -0.2) is 52.1 Å². The highest BCUT2D eigenvalue weighted by Crippen LogP contribution is 2.37. The van der Waals surface area contributed by atoms with Crippen LogP contribution in [-0.2, 0) is 10.0 Å². The first-order valence-electron chi connectivity index (χ1n) is 9.56. The maximum Gasteiger partial charge on any atom is 0.231 e. The number of sulfonamides is 1. The molecule has 0 heterocycles. The molecule has 1 saturated carbocycles. The number of benzene rings is 2. The van der Waals surface area contributed by atoms with Gasteiger partial charge in [-0.25, -0.2) is 8.42 Å². The molecule has 8 heteroatoms. The first-order chi connectivity index (χ1) is 13.7. The van der Waals surface area contributed by atoms with Crippen LogP contribution in [0, 0.1) is 0 Å². The van der Waals surface area contributed by atoms with Crippen molar-refractivity contribution >= 4 is 27.3 Å². The second kappa shape index (κ2) is 9.34.